The van der Waals surface area contributed by atoms with Crippen LogP contribution in [0.15, 0.2) is 23.0 Å². The van der Waals surface area contributed by atoms with Crippen LogP contribution in [0, 0.1) is 5.92 Å². The van der Waals surface area contributed by atoms with E-state index in [1.165, 1.54) is 5.56 Å². The molecule has 1 aliphatic heterocycles. The van der Waals surface area contributed by atoms with E-state index in [1.807, 2.05) is 27.2 Å². The maximum atomic E-state index is 12.0. The molecule has 5 heteroatoms. The van der Waals surface area contributed by atoms with Gasteiger partial charge in [0, 0.05) is 32.7 Å². The zero-order chi connectivity index (χ0) is 15.1. The second-order valence-corrected chi connectivity index (χ2v) is 5.94. The molecule has 0 spiro atoms. The van der Waals surface area contributed by atoms with Gasteiger partial charge in [0.15, 0.2) is 0 Å². The van der Waals surface area contributed by atoms with Gasteiger partial charge in [-0.05, 0) is 38.1 Å². The van der Waals surface area contributed by atoms with E-state index in [4.69, 9.17) is 4.74 Å². The average Bonchev–Trinajstić information content (AvgIpc) is 2.99. The summed E-state index contributed by atoms with van der Waals surface area (Å²) >= 11 is 0. The van der Waals surface area contributed by atoms with Crippen molar-refractivity contribution in [1.82, 2.24) is 14.5 Å². The lowest BCUT2D eigenvalue weighted by molar-refractivity contribution is 0.0963. The smallest absolute Gasteiger partial charge is 0.328 e. The average molecular weight is 289 g/mol. The maximum Gasteiger partial charge on any atom is 0.328 e. The normalized spacial score (nSPS) is 23.8. The van der Waals surface area contributed by atoms with Gasteiger partial charge in [0.05, 0.1) is 17.1 Å². The molecule has 0 radical (unpaired) electrons. The van der Waals surface area contributed by atoms with Crippen LogP contribution < -0.4 is 11.0 Å². The third-order valence-electron chi connectivity index (χ3n) is 4.83. The Morgan fingerprint density at radius 3 is 2.62 bits per heavy atom. The van der Waals surface area contributed by atoms with Gasteiger partial charge >= 0.3 is 5.69 Å². The quantitative estimate of drug-likeness (QED) is 0.933. The fourth-order valence-corrected chi connectivity index (χ4v) is 3.53. The van der Waals surface area contributed by atoms with Gasteiger partial charge in [-0.1, -0.05) is 6.07 Å². The number of nitrogens with zero attached hydrogens (tertiary/aromatic N) is 2. The van der Waals surface area contributed by atoms with Gasteiger partial charge in [-0.15, -0.1) is 0 Å². The van der Waals surface area contributed by atoms with Crippen LogP contribution >= 0.6 is 0 Å². The molecule has 1 aromatic carbocycles. The number of aryl methyl sites for hydroxylation is 2. The van der Waals surface area contributed by atoms with Crippen LogP contribution in [0.25, 0.3) is 11.0 Å². The third kappa shape index (κ3) is 2.21. The minimum absolute atomic E-state index is 0.0146. The summed E-state index contributed by atoms with van der Waals surface area (Å²) in [7, 11) is 5.63. The topological polar surface area (TPSA) is 48.2 Å². The number of fused-ring (bicyclic) bond motifs is 1. The summed E-state index contributed by atoms with van der Waals surface area (Å²) in [5, 5.41) is 3.42. The van der Waals surface area contributed by atoms with Gasteiger partial charge in [0.25, 0.3) is 0 Å². The summed E-state index contributed by atoms with van der Waals surface area (Å²) in [6.07, 6.45) is 1.33. The second-order valence-electron chi connectivity index (χ2n) is 5.94. The van der Waals surface area contributed by atoms with Crippen molar-refractivity contribution in [3.8, 4) is 0 Å². The summed E-state index contributed by atoms with van der Waals surface area (Å²) in [6, 6.07) is 6.54. The fourth-order valence-electron chi connectivity index (χ4n) is 3.53. The first-order valence-electron chi connectivity index (χ1n) is 7.49. The van der Waals surface area contributed by atoms with E-state index in [0.29, 0.717) is 5.92 Å². The molecule has 2 heterocycles. The van der Waals surface area contributed by atoms with Crippen molar-refractivity contribution in [3.05, 3.63) is 34.2 Å². The SMILES string of the molecule is CNC(c1ccc2c(c1)n(C)c(=O)n2C)C1CCOC1C. The molecule has 114 valence electrons. The number of hydrogen-bond acceptors (Lipinski definition) is 3. The largest absolute Gasteiger partial charge is 0.378 e. The Hall–Kier alpha value is -1.59. The molecule has 0 saturated carbocycles. The molecule has 0 amide bonds. The van der Waals surface area contributed by atoms with Crippen molar-refractivity contribution in [1.29, 1.82) is 0 Å². The van der Waals surface area contributed by atoms with Crippen LogP contribution in [-0.4, -0.2) is 28.9 Å². The van der Waals surface area contributed by atoms with Gasteiger partial charge in [0.2, 0.25) is 0 Å². The van der Waals surface area contributed by atoms with E-state index in [0.717, 1.165) is 24.1 Å². The summed E-state index contributed by atoms with van der Waals surface area (Å²) in [6.45, 7) is 2.97. The Kier molecular flexibility index (Phi) is 3.63. The highest BCUT2D eigenvalue weighted by Crippen LogP contribution is 2.33. The Morgan fingerprint density at radius 2 is 2.00 bits per heavy atom. The lowest BCUT2D eigenvalue weighted by Crippen LogP contribution is -2.29. The van der Waals surface area contributed by atoms with E-state index in [1.54, 1.807) is 9.13 Å². The molecule has 0 bridgehead atoms. The fraction of sp³-hybridized carbons (Fsp3) is 0.562. The predicted molar refractivity (Wildman–Crippen MR) is 83.5 cm³/mol. The molecule has 0 aliphatic carbocycles. The van der Waals surface area contributed by atoms with Crippen LogP contribution in [0.2, 0.25) is 0 Å². The summed E-state index contributed by atoms with van der Waals surface area (Å²) in [5.41, 5.74) is 3.18. The highest BCUT2D eigenvalue weighted by molar-refractivity contribution is 5.77. The molecule has 1 N–H and O–H groups in total. The van der Waals surface area contributed by atoms with Gasteiger partial charge in [-0.25, -0.2) is 4.79 Å². The Balaban J connectivity index is 2.07. The number of imidazole rings is 1. The molecule has 21 heavy (non-hydrogen) atoms. The van der Waals surface area contributed by atoms with E-state index in [9.17, 15) is 4.79 Å². The number of benzene rings is 1. The molecule has 2 aromatic rings. The second kappa shape index (κ2) is 5.31. The number of nitrogens with one attached hydrogen (secondary N) is 1. The van der Waals surface area contributed by atoms with Crippen molar-refractivity contribution >= 4 is 11.0 Å². The summed E-state index contributed by atoms with van der Waals surface area (Å²) in [5.74, 6) is 0.466. The van der Waals surface area contributed by atoms with E-state index < -0.39 is 0 Å². The molecule has 1 saturated heterocycles. The molecule has 1 aliphatic rings. The van der Waals surface area contributed by atoms with Crippen LogP contribution in [0.4, 0.5) is 0 Å². The minimum Gasteiger partial charge on any atom is -0.378 e. The van der Waals surface area contributed by atoms with Crippen molar-refractivity contribution in [2.75, 3.05) is 13.7 Å². The lowest BCUT2D eigenvalue weighted by Gasteiger charge is -2.26. The number of aromatic nitrogens is 2. The number of rotatable bonds is 3. The molecule has 1 fully saturated rings. The van der Waals surface area contributed by atoms with Crippen LogP contribution in [0.1, 0.15) is 24.9 Å². The standard InChI is InChI=1S/C16H23N3O2/c1-10-12(7-8-21-10)15(17-2)11-5-6-13-14(9-11)19(4)16(20)18(13)3/h5-6,9-10,12,15,17H,7-8H2,1-4H3. The van der Waals surface area contributed by atoms with Gasteiger partial charge in [-0.2, -0.15) is 0 Å². The molecule has 3 atom stereocenters. The monoisotopic (exact) mass is 289 g/mol. The Bertz CT molecular complexity index is 716. The van der Waals surface area contributed by atoms with Gasteiger partial charge in [-0.3, -0.25) is 9.13 Å². The zero-order valence-electron chi connectivity index (χ0n) is 13.1. The van der Waals surface area contributed by atoms with Crippen molar-refractivity contribution in [3.63, 3.8) is 0 Å². The van der Waals surface area contributed by atoms with Gasteiger partial charge in [0.1, 0.15) is 0 Å². The van der Waals surface area contributed by atoms with Gasteiger partial charge < -0.3 is 10.1 Å². The first-order chi connectivity index (χ1) is 10.0. The zero-order valence-corrected chi connectivity index (χ0v) is 13.1. The van der Waals surface area contributed by atoms with Crippen LogP contribution in [-0.2, 0) is 18.8 Å². The first-order valence-corrected chi connectivity index (χ1v) is 7.49. The van der Waals surface area contributed by atoms with E-state index in [-0.39, 0.29) is 17.8 Å². The molecule has 5 nitrogen and oxygen atoms in total. The minimum atomic E-state index is 0.0146. The maximum absolute atomic E-state index is 12.0. The predicted octanol–water partition coefficient (Wildman–Crippen LogP) is 1.56. The highest BCUT2D eigenvalue weighted by Gasteiger charge is 2.32. The summed E-state index contributed by atoms with van der Waals surface area (Å²) in [4.78, 5) is 12.0. The molecule has 3 unspecified atom stereocenters. The van der Waals surface area contributed by atoms with Crippen molar-refractivity contribution in [2.24, 2.45) is 20.0 Å². The third-order valence-corrected chi connectivity index (χ3v) is 4.83. The Labute approximate surface area is 124 Å². The Morgan fingerprint density at radius 1 is 1.29 bits per heavy atom. The first kappa shape index (κ1) is 14.4. The lowest BCUT2D eigenvalue weighted by atomic mass is 9.88. The molecule has 1 aromatic heterocycles. The summed E-state index contributed by atoms with van der Waals surface area (Å²) < 4.78 is 9.10. The van der Waals surface area contributed by atoms with Crippen LogP contribution in [0.3, 0.4) is 0 Å². The van der Waals surface area contributed by atoms with Crippen molar-refractivity contribution in [2.45, 2.75) is 25.5 Å². The van der Waals surface area contributed by atoms with E-state index in [2.05, 4.69) is 24.4 Å². The number of ether oxygens (including phenoxy) is 1. The molecular weight excluding hydrogens is 266 g/mol. The van der Waals surface area contributed by atoms with E-state index >= 15 is 0 Å². The molecular formula is C16H23N3O2. The number of hydrogen-bond donors (Lipinski definition) is 1. The molecule has 3 rings (SSSR count). The highest BCUT2D eigenvalue weighted by atomic mass is 16.5. The van der Waals surface area contributed by atoms with Crippen LogP contribution in [0.5, 0.6) is 0 Å². The van der Waals surface area contributed by atoms with Crippen molar-refractivity contribution < 1.29 is 4.74 Å².